The maximum atomic E-state index is 9.91. The average Bonchev–Trinajstić information content (AvgIpc) is 1.85. The predicted molar refractivity (Wildman–Crippen MR) is 35.9 cm³/mol. The fourth-order valence-electron chi connectivity index (χ4n) is 0.739. The quantitative estimate of drug-likeness (QED) is 0.557. The molecule has 0 rings (SSSR count). The van der Waals surface area contributed by atoms with E-state index in [4.69, 9.17) is 4.74 Å². The van der Waals surface area contributed by atoms with Crippen LogP contribution in [0.2, 0.25) is 0 Å². The molecule has 0 aromatic rings. The monoisotopic (exact) mass is 131 g/mol. The molecule has 0 fully saturated rings. The van der Waals surface area contributed by atoms with Crippen LogP contribution in [0, 0.1) is 0 Å². The summed E-state index contributed by atoms with van der Waals surface area (Å²) in [5.74, 6) is 0. The van der Waals surface area contributed by atoms with Crippen molar-refractivity contribution >= 4 is 0 Å². The van der Waals surface area contributed by atoms with Gasteiger partial charge >= 0.3 is 0 Å². The molecular formula is C7H15O2. The van der Waals surface area contributed by atoms with Gasteiger partial charge in [0.05, 0.1) is 12.7 Å². The van der Waals surface area contributed by atoms with Gasteiger partial charge in [-0.15, -0.1) is 0 Å². The van der Waals surface area contributed by atoms with Crippen molar-refractivity contribution in [1.82, 2.24) is 0 Å². The van der Waals surface area contributed by atoms with Crippen molar-refractivity contribution in [3.63, 3.8) is 0 Å². The molecule has 0 amide bonds. The summed E-state index contributed by atoms with van der Waals surface area (Å²) in [7, 11) is 0. The van der Waals surface area contributed by atoms with Crippen LogP contribution in [0.5, 0.6) is 0 Å². The maximum absolute atomic E-state index is 9.91. The first kappa shape index (κ1) is 8.92. The Labute approximate surface area is 56.8 Å². The van der Waals surface area contributed by atoms with Crippen LogP contribution >= 0.6 is 0 Å². The second-order valence-corrected chi connectivity index (χ2v) is 2.17. The molecule has 2 heteroatoms. The second kappa shape index (κ2) is 6.05. The van der Waals surface area contributed by atoms with E-state index in [1.807, 2.05) is 6.92 Å². The van der Waals surface area contributed by atoms with Crippen LogP contribution in [0.25, 0.3) is 0 Å². The summed E-state index contributed by atoms with van der Waals surface area (Å²) in [4.78, 5) is 0. The molecule has 0 aromatic heterocycles. The number of hydrogen-bond acceptors (Lipinski definition) is 1. The number of rotatable bonds is 5. The Hall–Kier alpha value is -0.0800. The molecule has 0 heterocycles. The topological polar surface area (TPSA) is 29.1 Å². The molecule has 1 unspecified atom stereocenters. The van der Waals surface area contributed by atoms with Gasteiger partial charge in [0.15, 0.2) is 0 Å². The van der Waals surface area contributed by atoms with Crippen molar-refractivity contribution < 1.29 is 9.84 Å². The Bertz CT molecular complexity index is 54.9. The summed E-state index contributed by atoms with van der Waals surface area (Å²) in [6, 6.07) is 0. The minimum atomic E-state index is -0.117. The normalized spacial score (nSPS) is 13.7. The summed E-state index contributed by atoms with van der Waals surface area (Å²) in [6.07, 6.45) is 2.45. The van der Waals surface area contributed by atoms with Gasteiger partial charge in [-0.2, -0.15) is 0 Å². The molecule has 0 bridgehead atoms. The average molecular weight is 131 g/mol. The number of hydrogen-bond donors (Lipinski definition) is 0. The van der Waals surface area contributed by atoms with E-state index in [1.165, 1.54) is 0 Å². The third kappa shape index (κ3) is 5.80. The summed E-state index contributed by atoms with van der Waals surface area (Å²) in [5, 5.41) is 9.91. The summed E-state index contributed by atoms with van der Waals surface area (Å²) in [6.45, 7) is 4.35. The molecule has 0 N–H and O–H groups in total. The minimum absolute atomic E-state index is 0.117. The van der Waals surface area contributed by atoms with Gasteiger partial charge in [-0.3, -0.25) is 0 Å². The molecule has 0 aliphatic heterocycles. The van der Waals surface area contributed by atoms with Crippen molar-refractivity contribution in [2.75, 3.05) is 13.2 Å². The zero-order valence-electron chi connectivity index (χ0n) is 6.22. The van der Waals surface area contributed by atoms with Gasteiger partial charge in [-0.1, -0.05) is 13.3 Å². The third-order valence-corrected chi connectivity index (χ3v) is 1.18. The van der Waals surface area contributed by atoms with Crippen molar-refractivity contribution in [3.8, 4) is 0 Å². The Morgan fingerprint density at radius 1 is 1.56 bits per heavy atom. The molecular weight excluding hydrogens is 116 g/mol. The van der Waals surface area contributed by atoms with Gasteiger partial charge < -0.3 is 4.74 Å². The van der Waals surface area contributed by atoms with E-state index in [2.05, 4.69) is 6.92 Å². The molecule has 0 aliphatic carbocycles. The van der Waals surface area contributed by atoms with Crippen LogP contribution in [-0.2, 0) is 9.84 Å². The molecule has 0 saturated heterocycles. The van der Waals surface area contributed by atoms with Crippen molar-refractivity contribution in [2.45, 2.75) is 32.8 Å². The van der Waals surface area contributed by atoms with Crippen LogP contribution in [0.3, 0.4) is 0 Å². The van der Waals surface area contributed by atoms with Crippen LogP contribution in [0.15, 0.2) is 0 Å². The fourth-order valence-corrected chi connectivity index (χ4v) is 0.739. The lowest BCUT2D eigenvalue weighted by Gasteiger charge is -2.08. The smallest absolute Gasteiger partial charge is 0.106 e. The first-order valence-electron chi connectivity index (χ1n) is 3.51. The highest BCUT2D eigenvalue weighted by atomic mass is 16.5. The SMILES string of the molecule is CCCC(C)OCC[O]. The van der Waals surface area contributed by atoms with E-state index >= 15 is 0 Å². The molecule has 1 radical (unpaired) electrons. The van der Waals surface area contributed by atoms with Crippen molar-refractivity contribution in [1.29, 1.82) is 0 Å². The Morgan fingerprint density at radius 3 is 2.67 bits per heavy atom. The summed E-state index contributed by atoms with van der Waals surface area (Å²) < 4.78 is 5.12. The largest absolute Gasteiger partial charge is 0.376 e. The summed E-state index contributed by atoms with van der Waals surface area (Å²) in [5.41, 5.74) is 0. The van der Waals surface area contributed by atoms with Gasteiger partial charge in [-0.05, 0) is 13.3 Å². The highest BCUT2D eigenvalue weighted by Gasteiger charge is 1.97. The lowest BCUT2D eigenvalue weighted by atomic mass is 10.2. The molecule has 0 saturated carbocycles. The zero-order valence-corrected chi connectivity index (χ0v) is 6.22. The molecule has 9 heavy (non-hydrogen) atoms. The van der Waals surface area contributed by atoms with Gasteiger partial charge in [0.2, 0.25) is 0 Å². The van der Waals surface area contributed by atoms with Crippen LogP contribution in [0.1, 0.15) is 26.7 Å². The molecule has 0 aromatic carbocycles. The van der Waals surface area contributed by atoms with Crippen LogP contribution < -0.4 is 0 Å². The van der Waals surface area contributed by atoms with E-state index in [-0.39, 0.29) is 12.7 Å². The highest BCUT2D eigenvalue weighted by molar-refractivity contribution is 4.46. The Kier molecular flexibility index (Phi) is 5.99. The minimum Gasteiger partial charge on any atom is -0.376 e. The maximum Gasteiger partial charge on any atom is 0.106 e. The molecule has 0 spiro atoms. The Morgan fingerprint density at radius 2 is 2.22 bits per heavy atom. The van der Waals surface area contributed by atoms with E-state index in [0.29, 0.717) is 6.61 Å². The molecule has 0 aliphatic rings. The first-order chi connectivity index (χ1) is 4.31. The van der Waals surface area contributed by atoms with Crippen LogP contribution in [-0.4, -0.2) is 19.3 Å². The van der Waals surface area contributed by atoms with E-state index in [9.17, 15) is 5.11 Å². The van der Waals surface area contributed by atoms with Crippen LogP contribution in [0.4, 0.5) is 0 Å². The van der Waals surface area contributed by atoms with Gasteiger partial charge in [-0.25, -0.2) is 5.11 Å². The highest BCUT2D eigenvalue weighted by Crippen LogP contribution is 1.99. The van der Waals surface area contributed by atoms with Gasteiger partial charge in [0.25, 0.3) is 0 Å². The third-order valence-electron chi connectivity index (χ3n) is 1.18. The lowest BCUT2D eigenvalue weighted by molar-refractivity contribution is 0.0171. The predicted octanol–water partition coefficient (Wildman–Crippen LogP) is 1.62. The van der Waals surface area contributed by atoms with Gasteiger partial charge in [0, 0.05) is 0 Å². The zero-order chi connectivity index (χ0) is 7.11. The number of ether oxygens (including phenoxy) is 1. The van der Waals surface area contributed by atoms with Crippen molar-refractivity contribution in [3.05, 3.63) is 0 Å². The van der Waals surface area contributed by atoms with Crippen molar-refractivity contribution in [2.24, 2.45) is 0 Å². The van der Waals surface area contributed by atoms with E-state index < -0.39 is 0 Å². The molecule has 55 valence electrons. The fraction of sp³-hybridized carbons (Fsp3) is 1.00. The molecule has 2 nitrogen and oxygen atoms in total. The van der Waals surface area contributed by atoms with Gasteiger partial charge in [0.1, 0.15) is 6.61 Å². The Balaban J connectivity index is 2.95. The van der Waals surface area contributed by atoms with E-state index in [0.717, 1.165) is 12.8 Å². The summed E-state index contributed by atoms with van der Waals surface area (Å²) >= 11 is 0. The lowest BCUT2D eigenvalue weighted by Crippen LogP contribution is -2.10. The standard InChI is InChI=1S/C7H15O2/c1-3-4-7(2)9-6-5-8/h7H,3-6H2,1-2H3. The second-order valence-electron chi connectivity index (χ2n) is 2.17. The van der Waals surface area contributed by atoms with E-state index in [1.54, 1.807) is 0 Å². The molecule has 1 atom stereocenters. The first-order valence-corrected chi connectivity index (χ1v) is 3.51.